The highest BCUT2D eigenvalue weighted by Crippen LogP contribution is 2.39. The number of anilines is 1. The van der Waals surface area contributed by atoms with E-state index in [1.165, 1.54) is 5.56 Å². The zero-order valence-electron chi connectivity index (χ0n) is 18.0. The number of aliphatic hydroxyl groups excluding tert-OH is 1. The highest BCUT2D eigenvalue weighted by molar-refractivity contribution is 6.00. The third-order valence-electron chi connectivity index (χ3n) is 6.42. The number of aromatic nitrogens is 1. The lowest BCUT2D eigenvalue weighted by atomic mass is 9.74. The topological polar surface area (TPSA) is 71.5 Å². The summed E-state index contributed by atoms with van der Waals surface area (Å²) >= 11 is 0. The molecule has 1 aliphatic carbocycles. The van der Waals surface area contributed by atoms with Crippen LogP contribution in [0.5, 0.6) is 5.75 Å². The fourth-order valence-electron chi connectivity index (χ4n) is 4.68. The molecule has 0 aliphatic heterocycles. The fraction of sp³-hybridized carbons (Fsp3) is 0.385. The molecule has 3 atom stereocenters. The molecule has 0 unspecified atom stereocenters. The van der Waals surface area contributed by atoms with Crippen LogP contribution in [0.4, 0.5) is 5.69 Å². The molecule has 1 amide bonds. The maximum absolute atomic E-state index is 12.5. The number of ether oxygens (including phenoxy) is 1. The molecule has 1 saturated carbocycles. The predicted molar refractivity (Wildman–Crippen MR) is 123 cm³/mol. The maximum atomic E-state index is 12.5. The highest BCUT2D eigenvalue weighted by atomic mass is 16.5. The Labute approximate surface area is 183 Å². The van der Waals surface area contributed by atoms with E-state index in [0.29, 0.717) is 12.3 Å². The van der Waals surface area contributed by atoms with Crippen molar-refractivity contribution in [3.8, 4) is 5.75 Å². The molecule has 31 heavy (non-hydrogen) atoms. The Kier molecular flexibility index (Phi) is 6.82. The predicted octanol–water partition coefficient (Wildman–Crippen LogP) is 5.30. The molecule has 5 nitrogen and oxygen atoms in total. The van der Waals surface area contributed by atoms with Crippen molar-refractivity contribution >= 4 is 22.5 Å². The van der Waals surface area contributed by atoms with Gasteiger partial charge in [0.1, 0.15) is 5.75 Å². The Morgan fingerprint density at radius 2 is 1.94 bits per heavy atom. The largest absolute Gasteiger partial charge is 0.497 e. The number of benzene rings is 2. The van der Waals surface area contributed by atoms with Crippen LogP contribution in [0.2, 0.25) is 0 Å². The first kappa shape index (κ1) is 21.3. The molecule has 0 saturated heterocycles. The number of nitrogens with one attached hydrogen (secondary N) is 1. The molecule has 162 valence electrons. The number of carbonyl (C=O) groups excluding carboxylic acids is 1. The van der Waals surface area contributed by atoms with E-state index < -0.39 is 0 Å². The minimum atomic E-state index is -0.278. The Morgan fingerprint density at radius 1 is 1.13 bits per heavy atom. The molecule has 2 aromatic carbocycles. The number of para-hydroxylation sites is 1. The summed E-state index contributed by atoms with van der Waals surface area (Å²) in [7, 11) is 1.68. The lowest BCUT2D eigenvalue weighted by molar-refractivity contribution is -0.116. The van der Waals surface area contributed by atoms with Crippen LogP contribution >= 0.6 is 0 Å². The molecule has 2 N–H and O–H groups in total. The number of rotatable bonds is 7. The van der Waals surface area contributed by atoms with E-state index >= 15 is 0 Å². The third kappa shape index (κ3) is 5.23. The summed E-state index contributed by atoms with van der Waals surface area (Å²) in [4.78, 5) is 16.9. The summed E-state index contributed by atoms with van der Waals surface area (Å²) in [6.45, 7) is 0. The normalized spacial score (nSPS) is 21.0. The average molecular weight is 419 g/mol. The molecule has 1 aromatic heterocycles. The summed E-state index contributed by atoms with van der Waals surface area (Å²) in [5, 5.41) is 14.5. The van der Waals surface area contributed by atoms with Gasteiger partial charge < -0.3 is 15.2 Å². The third-order valence-corrected chi connectivity index (χ3v) is 6.42. The van der Waals surface area contributed by atoms with Crippen molar-refractivity contribution in [1.29, 1.82) is 0 Å². The van der Waals surface area contributed by atoms with Crippen molar-refractivity contribution in [1.82, 2.24) is 4.98 Å². The standard InChI is InChI=1S/C26H30N2O3/c1-31-22-13-10-18(11-14-22)20-12-15-24(29)21(17-20)6-3-9-25(30)28-23-8-2-5-19-7-4-16-27-26(19)23/h2,4-5,7-8,10-11,13-14,16,20-21,24,29H,3,6,9,12,15,17H2,1H3,(H,28,30)/t20-,21+,24-/m1/s1. The molecule has 1 fully saturated rings. The van der Waals surface area contributed by atoms with Crippen LogP contribution in [-0.2, 0) is 4.79 Å². The first-order valence-corrected chi connectivity index (χ1v) is 11.1. The van der Waals surface area contributed by atoms with Gasteiger partial charge in [0.05, 0.1) is 24.4 Å². The number of amides is 1. The van der Waals surface area contributed by atoms with Gasteiger partial charge >= 0.3 is 0 Å². The van der Waals surface area contributed by atoms with E-state index in [2.05, 4.69) is 22.4 Å². The summed E-state index contributed by atoms with van der Waals surface area (Å²) in [5.74, 6) is 1.54. The maximum Gasteiger partial charge on any atom is 0.224 e. The minimum Gasteiger partial charge on any atom is -0.497 e. The van der Waals surface area contributed by atoms with Crippen molar-refractivity contribution in [2.45, 2.75) is 50.5 Å². The molecule has 1 heterocycles. The second-order valence-electron chi connectivity index (χ2n) is 8.43. The summed E-state index contributed by atoms with van der Waals surface area (Å²) < 4.78 is 5.25. The number of aliphatic hydroxyl groups is 1. The summed E-state index contributed by atoms with van der Waals surface area (Å²) in [6, 6.07) is 17.9. The number of hydrogen-bond acceptors (Lipinski definition) is 4. The van der Waals surface area contributed by atoms with Crippen molar-refractivity contribution in [2.75, 3.05) is 12.4 Å². The van der Waals surface area contributed by atoms with Crippen LogP contribution in [0.15, 0.2) is 60.8 Å². The van der Waals surface area contributed by atoms with Gasteiger partial charge in [-0.05, 0) is 73.8 Å². The van der Waals surface area contributed by atoms with Crippen LogP contribution in [0.25, 0.3) is 10.9 Å². The monoisotopic (exact) mass is 418 g/mol. The molecule has 1 aliphatic rings. The molecule has 5 heteroatoms. The van der Waals surface area contributed by atoms with Crippen molar-refractivity contribution in [3.63, 3.8) is 0 Å². The van der Waals surface area contributed by atoms with Crippen LogP contribution in [0.1, 0.15) is 50.0 Å². The number of pyridine rings is 1. The van der Waals surface area contributed by atoms with Crippen LogP contribution < -0.4 is 10.1 Å². The highest BCUT2D eigenvalue weighted by Gasteiger charge is 2.29. The number of carbonyl (C=O) groups is 1. The van der Waals surface area contributed by atoms with Gasteiger partial charge in [0.15, 0.2) is 0 Å². The van der Waals surface area contributed by atoms with Gasteiger partial charge in [0.25, 0.3) is 0 Å². The zero-order valence-corrected chi connectivity index (χ0v) is 18.0. The fourth-order valence-corrected chi connectivity index (χ4v) is 4.68. The van der Waals surface area contributed by atoms with Gasteiger partial charge in [0, 0.05) is 18.0 Å². The SMILES string of the molecule is COc1ccc([C@@H]2CC[C@@H](O)[C@@H](CCCC(=O)Nc3cccc4cccnc34)C2)cc1. The van der Waals surface area contributed by atoms with Gasteiger partial charge in [-0.2, -0.15) is 0 Å². The first-order chi connectivity index (χ1) is 15.1. The molecule has 3 aromatic rings. The van der Waals surface area contributed by atoms with Gasteiger partial charge in [-0.25, -0.2) is 0 Å². The van der Waals surface area contributed by atoms with Crippen LogP contribution in [0, 0.1) is 5.92 Å². The Bertz CT molecular complexity index is 1010. The molecular formula is C26H30N2O3. The van der Waals surface area contributed by atoms with Crippen LogP contribution in [-0.4, -0.2) is 29.2 Å². The lowest BCUT2D eigenvalue weighted by Gasteiger charge is -2.33. The number of methoxy groups -OCH3 is 1. The average Bonchev–Trinajstić information content (AvgIpc) is 2.80. The Balaban J connectivity index is 1.30. The van der Waals surface area contributed by atoms with Crippen molar-refractivity contribution < 1.29 is 14.6 Å². The number of fused-ring (bicyclic) bond motifs is 1. The molecule has 0 bridgehead atoms. The quantitative estimate of drug-likeness (QED) is 0.546. The first-order valence-electron chi connectivity index (χ1n) is 11.1. The smallest absolute Gasteiger partial charge is 0.224 e. The number of nitrogens with zero attached hydrogens (tertiary/aromatic N) is 1. The second kappa shape index (κ2) is 9.92. The van der Waals surface area contributed by atoms with Crippen molar-refractivity contribution in [2.24, 2.45) is 5.92 Å². The molecule has 0 spiro atoms. The van der Waals surface area contributed by atoms with E-state index in [1.54, 1.807) is 13.3 Å². The molecular weight excluding hydrogens is 388 g/mol. The van der Waals surface area contributed by atoms with E-state index in [0.717, 1.165) is 54.4 Å². The number of hydrogen-bond donors (Lipinski definition) is 2. The van der Waals surface area contributed by atoms with E-state index in [9.17, 15) is 9.90 Å². The van der Waals surface area contributed by atoms with Crippen molar-refractivity contribution in [3.05, 3.63) is 66.4 Å². The lowest BCUT2D eigenvalue weighted by Crippen LogP contribution is -2.28. The zero-order chi connectivity index (χ0) is 21.6. The van der Waals surface area contributed by atoms with Gasteiger partial charge in [0.2, 0.25) is 5.91 Å². The van der Waals surface area contributed by atoms with E-state index in [-0.39, 0.29) is 17.9 Å². The van der Waals surface area contributed by atoms with Crippen LogP contribution in [0.3, 0.4) is 0 Å². The molecule has 0 radical (unpaired) electrons. The summed E-state index contributed by atoms with van der Waals surface area (Å²) in [6.07, 6.45) is 6.30. The summed E-state index contributed by atoms with van der Waals surface area (Å²) in [5.41, 5.74) is 2.86. The Morgan fingerprint density at radius 3 is 2.74 bits per heavy atom. The van der Waals surface area contributed by atoms with Gasteiger partial charge in [-0.15, -0.1) is 0 Å². The van der Waals surface area contributed by atoms with E-state index in [1.807, 2.05) is 42.5 Å². The Hall–Kier alpha value is -2.92. The van der Waals surface area contributed by atoms with Gasteiger partial charge in [-0.3, -0.25) is 9.78 Å². The second-order valence-corrected chi connectivity index (χ2v) is 8.43. The van der Waals surface area contributed by atoms with E-state index in [4.69, 9.17) is 4.74 Å². The van der Waals surface area contributed by atoms with Gasteiger partial charge in [-0.1, -0.05) is 30.3 Å². The minimum absolute atomic E-state index is 0.00448. The molecule has 4 rings (SSSR count).